The fourth-order valence-electron chi connectivity index (χ4n) is 1.25. The Morgan fingerprint density at radius 3 is 2.72 bits per heavy atom. The highest BCUT2D eigenvalue weighted by Gasteiger charge is 2.11. The Balaban J connectivity index is 3.07. The van der Waals surface area contributed by atoms with Crippen LogP contribution in [0, 0.1) is 5.82 Å². The van der Waals surface area contributed by atoms with E-state index in [2.05, 4.69) is 10.2 Å². The van der Waals surface area contributed by atoms with Crippen LogP contribution in [0.1, 0.15) is 5.56 Å². The highest BCUT2D eigenvalue weighted by Crippen LogP contribution is 2.18. The molecule has 0 heterocycles. The van der Waals surface area contributed by atoms with Gasteiger partial charge in [-0.2, -0.15) is 0 Å². The van der Waals surface area contributed by atoms with E-state index in [4.69, 9.17) is 10.6 Å². The molecule has 98 valence electrons. The minimum atomic E-state index is -0.686. The summed E-state index contributed by atoms with van der Waals surface area (Å²) in [5.41, 5.74) is 3.33. The molecule has 1 aromatic rings. The van der Waals surface area contributed by atoms with Crippen molar-refractivity contribution in [2.24, 2.45) is 0 Å². The molecule has 0 fully saturated rings. The van der Waals surface area contributed by atoms with E-state index in [0.717, 1.165) is 5.53 Å². The second-order valence-electron chi connectivity index (χ2n) is 3.23. The van der Waals surface area contributed by atoms with Crippen LogP contribution in [0.5, 0.6) is 5.75 Å². The van der Waals surface area contributed by atoms with Gasteiger partial charge >= 0.3 is 5.97 Å². The number of methoxy groups -OCH3 is 2. The molecule has 0 saturated heterocycles. The van der Waals surface area contributed by atoms with Gasteiger partial charge in [-0.3, -0.25) is 0 Å². The molecule has 0 aliphatic rings. The van der Waals surface area contributed by atoms with Crippen molar-refractivity contribution in [1.82, 2.24) is 5.43 Å². The lowest BCUT2D eigenvalue weighted by Crippen LogP contribution is -2.85. The van der Waals surface area contributed by atoms with E-state index in [9.17, 15) is 9.18 Å². The normalized spacial score (nSPS) is 11.0. The van der Waals surface area contributed by atoms with Crippen molar-refractivity contribution >= 4 is 12.0 Å². The van der Waals surface area contributed by atoms with Crippen molar-refractivity contribution in [1.29, 1.82) is 0 Å². The molecule has 0 bridgehead atoms. The highest BCUT2D eigenvalue weighted by molar-refractivity contribution is 5.92. The molecule has 0 spiro atoms. The van der Waals surface area contributed by atoms with E-state index in [1.165, 1.54) is 32.4 Å². The number of nitrogens with one attached hydrogen (secondary N) is 2. The number of ether oxygens (including phenoxy) is 2. The zero-order chi connectivity index (χ0) is 13.5. The van der Waals surface area contributed by atoms with Crippen molar-refractivity contribution in [2.75, 3.05) is 14.2 Å². The zero-order valence-electron chi connectivity index (χ0n) is 9.99. The SMILES string of the molecule is COC(=O)/C(=C/c1ccc(OC)cc1F)N[NH2+][NH-]. The molecule has 6 nitrogen and oxygen atoms in total. The molecule has 0 atom stereocenters. The van der Waals surface area contributed by atoms with Gasteiger partial charge in [-0.1, -0.05) is 0 Å². The lowest BCUT2D eigenvalue weighted by atomic mass is 10.1. The largest absolute Gasteiger partial charge is 0.497 e. The molecule has 1 rings (SSSR count). The van der Waals surface area contributed by atoms with Crippen LogP contribution in [0.2, 0.25) is 0 Å². The topological polar surface area (TPSA) is 88.0 Å². The number of carbonyl (C=O) groups is 1. The van der Waals surface area contributed by atoms with E-state index in [0.29, 0.717) is 5.75 Å². The maximum atomic E-state index is 13.6. The van der Waals surface area contributed by atoms with Crippen LogP contribution in [-0.2, 0) is 9.53 Å². The van der Waals surface area contributed by atoms with Crippen LogP contribution in [0.25, 0.3) is 11.9 Å². The number of esters is 1. The smallest absolute Gasteiger partial charge is 0.359 e. The maximum absolute atomic E-state index is 13.6. The number of hydrogen-bond acceptors (Lipinski definition) is 4. The number of carbonyl (C=O) groups excluding carboxylic acids is 1. The minimum absolute atomic E-state index is 0.0310. The molecule has 7 heteroatoms. The van der Waals surface area contributed by atoms with E-state index >= 15 is 0 Å². The summed E-state index contributed by atoms with van der Waals surface area (Å²) in [6.07, 6.45) is 1.26. The molecule has 18 heavy (non-hydrogen) atoms. The number of halogens is 1. The summed E-state index contributed by atoms with van der Waals surface area (Å²) in [5, 5.41) is 0. The predicted molar refractivity (Wildman–Crippen MR) is 62.3 cm³/mol. The Hall–Kier alpha value is -2.12. The maximum Gasteiger partial charge on any atom is 0.359 e. The lowest BCUT2D eigenvalue weighted by molar-refractivity contribution is -0.641. The van der Waals surface area contributed by atoms with Gasteiger partial charge in [0.25, 0.3) is 0 Å². The van der Waals surface area contributed by atoms with Crippen LogP contribution in [0.3, 0.4) is 0 Å². The van der Waals surface area contributed by atoms with Crippen LogP contribution >= 0.6 is 0 Å². The second kappa shape index (κ2) is 6.58. The zero-order valence-corrected chi connectivity index (χ0v) is 9.99. The number of benzene rings is 1. The van der Waals surface area contributed by atoms with Gasteiger partial charge < -0.3 is 20.9 Å². The molecule has 0 amide bonds. The van der Waals surface area contributed by atoms with Crippen molar-refractivity contribution in [2.45, 2.75) is 0 Å². The molecule has 0 aliphatic carbocycles. The molecule has 0 saturated carbocycles. The molecule has 4 N–H and O–H groups in total. The average molecular weight is 255 g/mol. The summed E-state index contributed by atoms with van der Waals surface area (Å²) < 4.78 is 23.0. The monoisotopic (exact) mass is 255 g/mol. The standard InChI is InChI=1S/C11H14FN3O3/c1-17-8-4-3-7(9(12)6-8)5-10(14-15-13)11(16)18-2/h3-6,13-14H,15H2,1-2H3/b10-5-. The van der Waals surface area contributed by atoms with Gasteiger partial charge in [0.1, 0.15) is 11.6 Å². The second-order valence-corrected chi connectivity index (χ2v) is 3.23. The Labute approximate surface area is 104 Å². The fraction of sp³-hybridized carbons (Fsp3) is 0.182. The first kappa shape index (κ1) is 13.9. The third-order valence-corrected chi connectivity index (χ3v) is 2.14. The molecule has 0 aromatic heterocycles. The predicted octanol–water partition coefficient (Wildman–Crippen LogP) is 0.383. The third kappa shape index (κ3) is 3.44. The number of quaternary nitrogens is 1. The molecule has 0 aliphatic heterocycles. The summed E-state index contributed by atoms with van der Waals surface area (Å²) >= 11 is 0. The third-order valence-electron chi connectivity index (χ3n) is 2.14. The Kier molecular flexibility index (Phi) is 5.09. The van der Waals surface area contributed by atoms with Gasteiger partial charge in [-0.25, -0.2) is 14.6 Å². The summed E-state index contributed by atoms with van der Waals surface area (Å²) in [7, 11) is 2.63. The summed E-state index contributed by atoms with van der Waals surface area (Å²) in [6, 6.07) is 4.22. The molecule has 0 radical (unpaired) electrons. The fourth-order valence-corrected chi connectivity index (χ4v) is 1.25. The quantitative estimate of drug-likeness (QED) is 0.344. The van der Waals surface area contributed by atoms with Crippen molar-refractivity contribution in [3.63, 3.8) is 0 Å². The summed E-state index contributed by atoms with van der Waals surface area (Å²) in [5.74, 6) is 6.04. The van der Waals surface area contributed by atoms with Crippen LogP contribution in [0.4, 0.5) is 4.39 Å². The molecule has 0 unspecified atom stereocenters. The first-order valence-electron chi connectivity index (χ1n) is 5.01. The minimum Gasteiger partial charge on any atom is -0.497 e. The van der Waals surface area contributed by atoms with E-state index in [1.807, 2.05) is 0 Å². The van der Waals surface area contributed by atoms with Crippen molar-refractivity contribution < 1.29 is 24.2 Å². The van der Waals surface area contributed by atoms with Gasteiger partial charge in [0.2, 0.25) is 0 Å². The summed E-state index contributed by atoms with van der Waals surface area (Å²) in [4.78, 5) is 11.3. The molecular weight excluding hydrogens is 241 g/mol. The van der Waals surface area contributed by atoms with Gasteiger partial charge in [0.15, 0.2) is 5.70 Å². The van der Waals surface area contributed by atoms with Gasteiger partial charge in [0, 0.05) is 11.6 Å². The van der Waals surface area contributed by atoms with Gasteiger partial charge in [0.05, 0.1) is 14.2 Å². The number of hydrogen-bond donors (Lipinski definition) is 2. The lowest BCUT2D eigenvalue weighted by Gasteiger charge is -2.08. The van der Waals surface area contributed by atoms with Gasteiger partial charge in [-0.15, -0.1) is 0 Å². The van der Waals surface area contributed by atoms with E-state index in [-0.39, 0.29) is 11.3 Å². The number of rotatable bonds is 5. The average Bonchev–Trinajstić information content (AvgIpc) is 2.39. The molecule has 1 aromatic carbocycles. The van der Waals surface area contributed by atoms with Gasteiger partial charge in [-0.05, 0) is 18.2 Å². The van der Waals surface area contributed by atoms with Crippen LogP contribution < -0.4 is 15.7 Å². The first-order valence-corrected chi connectivity index (χ1v) is 5.01. The molecular formula is C11H14FN3O3. The van der Waals surface area contributed by atoms with Crippen molar-refractivity contribution in [3.8, 4) is 5.75 Å². The van der Waals surface area contributed by atoms with E-state index < -0.39 is 11.8 Å². The Morgan fingerprint density at radius 1 is 1.50 bits per heavy atom. The highest BCUT2D eigenvalue weighted by atomic mass is 19.1. The number of nitrogens with two attached hydrogens (primary N) is 1. The van der Waals surface area contributed by atoms with Crippen LogP contribution in [-0.4, -0.2) is 20.2 Å². The van der Waals surface area contributed by atoms with E-state index in [1.54, 1.807) is 6.07 Å². The van der Waals surface area contributed by atoms with Crippen molar-refractivity contribution in [3.05, 3.63) is 41.1 Å². The first-order chi connectivity index (χ1) is 8.62. The summed E-state index contributed by atoms with van der Waals surface area (Å²) in [6.45, 7) is 0. The van der Waals surface area contributed by atoms with Crippen LogP contribution in [0.15, 0.2) is 23.9 Å². The Morgan fingerprint density at radius 2 is 2.22 bits per heavy atom. The Bertz CT molecular complexity index is 463.